The summed E-state index contributed by atoms with van der Waals surface area (Å²) in [5, 5.41) is 2.78. The summed E-state index contributed by atoms with van der Waals surface area (Å²) < 4.78 is 5.24. The highest BCUT2D eigenvalue weighted by Gasteiger charge is 1.99. The molecule has 0 saturated heterocycles. The second-order valence-corrected chi connectivity index (χ2v) is 3.88. The molecule has 0 atom stereocenters. The van der Waals surface area contributed by atoms with Gasteiger partial charge in [-0.15, -0.1) is 11.6 Å². The molecule has 0 spiro atoms. The molecule has 88 valence electrons. The number of ether oxygens (including phenoxy) is 1. The van der Waals surface area contributed by atoms with Gasteiger partial charge in [0.15, 0.2) is 0 Å². The van der Waals surface area contributed by atoms with Crippen LogP contribution >= 0.6 is 11.6 Å². The van der Waals surface area contributed by atoms with E-state index < -0.39 is 0 Å². The van der Waals surface area contributed by atoms with E-state index in [9.17, 15) is 4.79 Å². The van der Waals surface area contributed by atoms with Crippen LogP contribution in [0.3, 0.4) is 0 Å². The van der Waals surface area contributed by atoms with Crippen LogP contribution in [0.25, 0.3) is 0 Å². The number of carbonyl (C=O) groups excluding carboxylic acids is 1. The molecule has 3 nitrogen and oxygen atoms in total. The van der Waals surface area contributed by atoms with E-state index in [1.165, 1.54) is 0 Å². The third-order valence-corrected chi connectivity index (χ3v) is 1.97. The lowest BCUT2D eigenvalue weighted by molar-refractivity contribution is -0.121. The number of amides is 1. The largest absolute Gasteiger partial charge is 0.375 e. The Balaban J connectivity index is 3.20. The molecule has 0 aromatic carbocycles. The molecular weight excluding hydrogens is 214 g/mol. The van der Waals surface area contributed by atoms with Crippen molar-refractivity contribution in [1.29, 1.82) is 0 Å². The second kappa shape index (κ2) is 9.99. The minimum atomic E-state index is 0.0686. The maximum Gasteiger partial charge on any atom is 0.220 e. The lowest BCUT2D eigenvalue weighted by atomic mass is 10.2. The van der Waals surface area contributed by atoms with Crippen LogP contribution in [-0.4, -0.2) is 31.5 Å². The molecule has 0 aliphatic carbocycles. The fourth-order valence-corrected chi connectivity index (χ4v) is 1.17. The molecular formula is C11H20ClNO2. The molecule has 0 fully saturated rings. The van der Waals surface area contributed by atoms with Gasteiger partial charge in [0.25, 0.3) is 0 Å². The summed E-state index contributed by atoms with van der Waals surface area (Å²) in [7, 11) is 0. The molecule has 0 saturated carbocycles. The zero-order valence-electron chi connectivity index (χ0n) is 9.35. The molecule has 0 aromatic rings. The van der Waals surface area contributed by atoms with Crippen molar-refractivity contribution < 1.29 is 9.53 Å². The van der Waals surface area contributed by atoms with Gasteiger partial charge in [-0.3, -0.25) is 4.79 Å². The normalized spacial score (nSPS) is 10.0. The smallest absolute Gasteiger partial charge is 0.220 e. The summed E-state index contributed by atoms with van der Waals surface area (Å²) in [6.07, 6.45) is 2.29. The molecule has 0 heterocycles. The molecule has 4 heteroatoms. The van der Waals surface area contributed by atoms with Gasteiger partial charge in [0.1, 0.15) is 0 Å². The van der Waals surface area contributed by atoms with E-state index in [2.05, 4.69) is 11.9 Å². The summed E-state index contributed by atoms with van der Waals surface area (Å²) in [5.74, 6) is 0.689. The molecule has 0 aromatic heterocycles. The van der Waals surface area contributed by atoms with Crippen molar-refractivity contribution in [3.05, 3.63) is 12.2 Å². The number of hydrogen-bond donors (Lipinski definition) is 1. The van der Waals surface area contributed by atoms with Crippen LogP contribution in [0.5, 0.6) is 0 Å². The van der Waals surface area contributed by atoms with E-state index in [1.807, 2.05) is 6.92 Å². The van der Waals surface area contributed by atoms with Crippen LogP contribution in [0.2, 0.25) is 0 Å². The predicted octanol–water partition coefficient (Wildman–Crippen LogP) is 2.10. The van der Waals surface area contributed by atoms with Gasteiger partial charge in [-0.25, -0.2) is 0 Å². The van der Waals surface area contributed by atoms with Gasteiger partial charge in [0.05, 0.1) is 13.2 Å². The Kier molecular flexibility index (Phi) is 9.63. The first-order chi connectivity index (χ1) is 7.16. The van der Waals surface area contributed by atoms with Gasteiger partial charge in [-0.05, 0) is 19.8 Å². The molecule has 0 radical (unpaired) electrons. The van der Waals surface area contributed by atoms with Gasteiger partial charge in [0, 0.05) is 18.8 Å². The Hall–Kier alpha value is -0.540. The Bertz CT molecular complexity index is 195. The lowest BCUT2D eigenvalue weighted by Gasteiger charge is -2.05. The van der Waals surface area contributed by atoms with E-state index in [-0.39, 0.29) is 5.91 Å². The Morgan fingerprint density at radius 1 is 1.47 bits per heavy atom. The molecule has 0 aliphatic rings. The van der Waals surface area contributed by atoms with Crippen LogP contribution in [0.15, 0.2) is 12.2 Å². The van der Waals surface area contributed by atoms with E-state index in [4.69, 9.17) is 16.3 Å². The zero-order valence-corrected chi connectivity index (χ0v) is 10.1. The van der Waals surface area contributed by atoms with Gasteiger partial charge < -0.3 is 10.1 Å². The molecule has 15 heavy (non-hydrogen) atoms. The highest BCUT2D eigenvalue weighted by Crippen LogP contribution is 1.96. The van der Waals surface area contributed by atoms with Gasteiger partial charge in [-0.2, -0.15) is 0 Å². The SMILES string of the molecule is C=C(C)COCCNC(=O)CCCCCl. The second-order valence-electron chi connectivity index (χ2n) is 3.51. The van der Waals surface area contributed by atoms with Gasteiger partial charge >= 0.3 is 0 Å². The van der Waals surface area contributed by atoms with Crippen molar-refractivity contribution in [1.82, 2.24) is 5.32 Å². The minimum absolute atomic E-state index is 0.0686. The van der Waals surface area contributed by atoms with Crippen LogP contribution in [-0.2, 0) is 9.53 Å². The third kappa shape index (κ3) is 11.4. The summed E-state index contributed by atoms with van der Waals surface area (Å²) >= 11 is 5.50. The summed E-state index contributed by atoms with van der Waals surface area (Å²) in [4.78, 5) is 11.2. The Morgan fingerprint density at radius 2 is 2.20 bits per heavy atom. The first kappa shape index (κ1) is 14.5. The number of halogens is 1. The minimum Gasteiger partial charge on any atom is -0.375 e. The molecule has 1 amide bonds. The number of unbranched alkanes of at least 4 members (excludes halogenated alkanes) is 1. The average molecular weight is 234 g/mol. The van der Waals surface area contributed by atoms with Crippen LogP contribution in [0.4, 0.5) is 0 Å². The quantitative estimate of drug-likeness (QED) is 0.376. The topological polar surface area (TPSA) is 38.3 Å². The van der Waals surface area contributed by atoms with Gasteiger partial charge in [0.2, 0.25) is 5.91 Å². The Morgan fingerprint density at radius 3 is 2.80 bits per heavy atom. The maximum atomic E-state index is 11.2. The number of rotatable bonds is 9. The molecule has 0 aliphatic heterocycles. The number of nitrogens with one attached hydrogen (secondary N) is 1. The predicted molar refractivity (Wildman–Crippen MR) is 63.2 cm³/mol. The first-order valence-corrected chi connectivity index (χ1v) is 5.75. The third-order valence-electron chi connectivity index (χ3n) is 1.70. The number of alkyl halides is 1. The van der Waals surface area contributed by atoms with E-state index in [0.29, 0.717) is 32.1 Å². The van der Waals surface area contributed by atoms with Crippen molar-refractivity contribution in [2.75, 3.05) is 25.6 Å². The van der Waals surface area contributed by atoms with Crippen molar-refractivity contribution in [3.8, 4) is 0 Å². The average Bonchev–Trinajstić information content (AvgIpc) is 2.17. The number of hydrogen-bond acceptors (Lipinski definition) is 2. The number of carbonyl (C=O) groups is 1. The molecule has 1 N–H and O–H groups in total. The maximum absolute atomic E-state index is 11.2. The monoisotopic (exact) mass is 233 g/mol. The summed E-state index contributed by atoms with van der Waals surface area (Å²) in [5.41, 5.74) is 0.989. The van der Waals surface area contributed by atoms with Crippen molar-refractivity contribution in [3.63, 3.8) is 0 Å². The zero-order chi connectivity index (χ0) is 11.5. The van der Waals surface area contributed by atoms with Crippen molar-refractivity contribution in [2.45, 2.75) is 26.2 Å². The highest BCUT2D eigenvalue weighted by atomic mass is 35.5. The fraction of sp³-hybridized carbons (Fsp3) is 0.727. The highest BCUT2D eigenvalue weighted by molar-refractivity contribution is 6.17. The van der Waals surface area contributed by atoms with Crippen molar-refractivity contribution in [2.24, 2.45) is 0 Å². The standard InChI is InChI=1S/C11H20ClNO2/c1-10(2)9-15-8-7-13-11(14)5-3-4-6-12/h1,3-9H2,2H3,(H,13,14). The Labute approximate surface area is 96.8 Å². The van der Waals surface area contributed by atoms with E-state index in [1.54, 1.807) is 0 Å². The van der Waals surface area contributed by atoms with Crippen molar-refractivity contribution >= 4 is 17.5 Å². The van der Waals surface area contributed by atoms with Crippen LogP contribution in [0.1, 0.15) is 26.2 Å². The summed E-state index contributed by atoms with van der Waals surface area (Å²) in [6, 6.07) is 0. The van der Waals surface area contributed by atoms with Gasteiger partial charge in [-0.1, -0.05) is 12.2 Å². The van der Waals surface area contributed by atoms with E-state index in [0.717, 1.165) is 18.4 Å². The van der Waals surface area contributed by atoms with Crippen LogP contribution < -0.4 is 5.32 Å². The van der Waals surface area contributed by atoms with E-state index >= 15 is 0 Å². The summed E-state index contributed by atoms with van der Waals surface area (Å²) in [6.45, 7) is 7.28. The molecule has 0 unspecified atom stereocenters. The van der Waals surface area contributed by atoms with Crippen LogP contribution in [0, 0.1) is 0 Å². The first-order valence-electron chi connectivity index (χ1n) is 5.21. The molecule has 0 bridgehead atoms. The fourth-order valence-electron chi connectivity index (χ4n) is 0.977. The lowest BCUT2D eigenvalue weighted by Crippen LogP contribution is -2.27. The molecule has 0 rings (SSSR count).